The van der Waals surface area contributed by atoms with E-state index in [2.05, 4.69) is 34.1 Å². The predicted molar refractivity (Wildman–Crippen MR) is 101 cm³/mol. The Labute approximate surface area is 152 Å². The first kappa shape index (κ1) is 16.0. The van der Waals surface area contributed by atoms with Gasteiger partial charge in [0, 0.05) is 10.7 Å². The van der Waals surface area contributed by atoms with E-state index in [1.165, 1.54) is 11.3 Å². The number of fused-ring (bicyclic) bond motifs is 1. The topological polar surface area (TPSA) is 25.0 Å². The number of hydrogen-bond donors (Lipinski definition) is 1. The maximum absolute atomic E-state index is 5.98. The van der Waals surface area contributed by atoms with Crippen molar-refractivity contribution in [2.75, 3.05) is 31.1 Å². The number of benzene rings is 1. The number of pyridine rings is 1. The quantitative estimate of drug-likeness (QED) is 0.729. The summed E-state index contributed by atoms with van der Waals surface area (Å²) in [5, 5.41) is 5.25. The van der Waals surface area contributed by atoms with Crippen molar-refractivity contribution in [2.24, 2.45) is 0 Å². The van der Waals surface area contributed by atoms with Crippen molar-refractivity contribution < 1.29 is 4.90 Å². The Kier molecular flexibility index (Phi) is 4.35. The fraction of sp³-hybridized carbons (Fsp3) is 0.250. The van der Waals surface area contributed by atoms with Crippen LogP contribution in [-0.2, 0) is 6.54 Å². The zero-order chi connectivity index (χ0) is 17.2. The van der Waals surface area contributed by atoms with Crippen molar-refractivity contribution in [1.29, 1.82) is 0 Å². The molecule has 0 atom stereocenters. The van der Waals surface area contributed by atoms with Crippen LogP contribution in [0.5, 0.6) is 0 Å². The summed E-state index contributed by atoms with van der Waals surface area (Å²) < 4.78 is 1.86. The molecule has 25 heavy (non-hydrogen) atoms. The third-order valence-corrected chi connectivity index (χ3v) is 5.13. The van der Waals surface area contributed by atoms with Crippen LogP contribution in [0.2, 0.25) is 5.02 Å². The van der Waals surface area contributed by atoms with Crippen LogP contribution in [0.4, 0.5) is 5.69 Å². The van der Waals surface area contributed by atoms with Crippen LogP contribution >= 0.6 is 11.6 Å². The number of nitrogens with one attached hydrogen (secondary N) is 1. The molecule has 1 aromatic carbocycles. The molecule has 4 rings (SSSR count). The molecule has 3 aromatic rings. The van der Waals surface area contributed by atoms with Crippen LogP contribution in [0.15, 0.2) is 48.7 Å². The molecule has 0 saturated carbocycles. The number of quaternary nitrogens is 1. The minimum absolute atomic E-state index is 0.785. The first-order valence-electron chi connectivity index (χ1n) is 8.51. The lowest BCUT2D eigenvalue weighted by Gasteiger charge is -2.33. The van der Waals surface area contributed by atoms with Gasteiger partial charge in [0.15, 0.2) is 0 Å². The van der Waals surface area contributed by atoms with Crippen molar-refractivity contribution in [3.05, 3.63) is 64.9 Å². The van der Waals surface area contributed by atoms with E-state index in [-0.39, 0.29) is 0 Å². The average Bonchev–Trinajstić information content (AvgIpc) is 3.06. The zero-order valence-corrected chi connectivity index (χ0v) is 14.7. The largest absolute Gasteiger partial charge is 0.360 e. The van der Waals surface area contributed by atoms with Crippen LogP contribution < -0.4 is 9.80 Å². The minimum Gasteiger partial charge on any atom is -0.360 e. The molecule has 126 valence electrons. The molecule has 0 bridgehead atoms. The Bertz CT molecular complexity index is 915. The first-order valence-corrected chi connectivity index (χ1v) is 8.89. The molecular weight excluding hydrogens is 332 g/mol. The minimum atomic E-state index is 0.785. The molecule has 1 saturated heterocycles. The van der Waals surface area contributed by atoms with Gasteiger partial charge in [0.05, 0.1) is 43.5 Å². The number of nitrogens with zero attached hydrogens (tertiary/aromatic N) is 3. The standard InChI is InChI=1S/C20H19ClN4/c1-2-18-4-3-5-20-16(14-22-25(18)20)15-23-10-12-24(13-11-23)19-8-6-17(21)7-9-19/h1,3-9,14H,10-13,15H2/p+1. The maximum atomic E-state index is 5.98. The second kappa shape index (κ2) is 6.79. The van der Waals surface area contributed by atoms with Crippen LogP contribution in [0.1, 0.15) is 11.3 Å². The van der Waals surface area contributed by atoms with Gasteiger partial charge in [0.2, 0.25) is 0 Å². The lowest BCUT2D eigenvalue weighted by molar-refractivity contribution is -0.914. The summed E-state index contributed by atoms with van der Waals surface area (Å²) in [5.41, 5.74) is 4.42. The average molecular weight is 352 g/mol. The van der Waals surface area contributed by atoms with Gasteiger partial charge in [-0.2, -0.15) is 5.10 Å². The van der Waals surface area contributed by atoms with Gasteiger partial charge in [-0.3, -0.25) is 0 Å². The fourth-order valence-corrected chi connectivity index (χ4v) is 3.61. The Morgan fingerprint density at radius 1 is 1.12 bits per heavy atom. The van der Waals surface area contributed by atoms with Crippen molar-refractivity contribution in [3.63, 3.8) is 0 Å². The van der Waals surface area contributed by atoms with Crippen LogP contribution in [0, 0.1) is 12.3 Å². The third kappa shape index (κ3) is 3.21. The van der Waals surface area contributed by atoms with Crippen molar-refractivity contribution in [3.8, 4) is 12.3 Å². The summed E-state index contributed by atoms with van der Waals surface area (Å²) in [6.45, 7) is 5.28. The number of anilines is 1. The number of aromatic nitrogens is 2. The van der Waals surface area contributed by atoms with E-state index in [4.69, 9.17) is 18.0 Å². The molecule has 0 amide bonds. The van der Waals surface area contributed by atoms with E-state index >= 15 is 0 Å². The number of halogens is 1. The number of hydrogen-bond acceptors (Lipinski definition) is 2. The van der Waals surface area contributed by atoms with Gasteiger partial charge < -0.3 is 9.80 Å². The van der Waals surface area contributed by atoms with Gasteiger partial charge >= 0.3 is 0 Å². The van der Waals surface area contributed by atoms with E-state index in [1.54, 1.807) is 4.90 Å². The number of piperazine rings is 1. The van der Waals surface area contributed by atoms with Gasteiger partial charge in [-0.05, 0) is 36.4 Å². The second-order valence-electron chi connectivity index (χ2n) is 6.41. The van der Waals surface area contributed by atoms with Crippen molar-refractivity contribution >= 4 is 22.8 Å². The highest BCUT2D eigenvalue weighted by molar-refractivity contribution is 6.30. The molecule has 0 spiro atoms. The summed E-state index contributed by atoms with van der Waals surface area (Å²) in [7, 11) is 0. The van der Waals surface area contributed by atoms with Gasteiger partial charge in [-0.1, -0.05) is 23.6 Å². The van der Waals surface area contributed by atoms with E-state index in [0.29, 0.717) is 0 Å². The maximum Gasteiger partial charge on any atom is 0.115 e. The van der Waals surface area contributed by atoms with Gasteiger partial charge in [-0.25, -0.2) is 4.52 Å². The summed E-state index contributed by atoms with van der Waals surface area (Å²) >= 11 is 5.98. The van der Waals surface area contributed by atoms with E-state index in [9.17, 15) is 0 Å². The predicted octanol–water partition coefficient (Wildman–Crippen LogP) is 1.87. The lowest BCUT2D eigenvalue weighted by atomic mass is 10.2. The van der Waals surface area contributed by atoms with E-state index in [0.717, 1.165) is 49.0 Å². The Hall–Kier alpha value is -2.48. The molecule has 1 aliphatic heterocycles. The molecule has 1 aliphatic rings. The van der Waals surface area contributed by atoms with Crippen molar-refractivity contribution in [2.45, 2.75) is 6.54 Å². The smallest absolute Gasteiger partial charge is 0.115 e. The molecule has 1 N–H and O–H groups in total. The number of terminal acetylenes is 1. The molecule has 2 aromatic heterocycles. The van der Waals surface area contributed by atoms with Crippen LogP contribution in [0.3, 0.4) is 0 Å². The van der Waals surface area contributed by atoms with Gasteiger partial charge in [0.1, 0.15) is 12.2 Å². The molecule has 0 unspecified atom stereocenters. The molecule has 0 radical (unpaired) electrons. The highest BCUT2D eigenvalue weighted by Gasteiger charge is 2.21. The zero-order valence-electron chi connectivity index (χ0n) is 14.0. The summed E-state index contributed by atoms with van der Waals surface area (Å²) in [6.07, 6.45) is 7.51. The third-order valence-electron chi connectivity index (χ3n) is 4.87. The van der Waals surface area contributed by atoms with Crippen LogP contribution in [0.25, 0.3) is 5.52 Å². The normalized spacial score (nSPS) is 15.4. The molecular formula is C20H20ClN4+. The SMILES string of the molecule is C#Cc1cccc2c(C[NH+]3CCN(c4ccc(Cl)cc4)CC3)cnn12. The van der Waals surface area contributed by atoms with Crippen LogP contribution in [-0.4, -0.2) is 35.8 Å². The highest BCUT2D eigenvalue weighted by atomic mass is 35.5. The van der Waals surface area contributed by atoms with E-state index in [1.807, 2.05) is 35.0 Å². The van der Waals surface area contributed by atoms with E-state index < -0.39 is 0 Å². The first-order chi connectivity index (χ1) is 12.2. The monoisotopic (exact) mass is 351 g/mol. The number of rotatable bonds is 3. The summed E-state index contributed by atoms with van der Waals surface area (Å²) in [6, 6.07) is 14.1. The molecule has 4 nitrogen and oxygen atoms in total. The molecule has 0 aliphatic carbocycles. The molecule has 3 heterocycles. The summed E-state index contributed by atoms with van der Waals surface area (Å²) in [4.78, 5) is 4.00. The Morgan fingerprint density at radius 3 is 2.60 bits per heavy atom. The van der Waals surface area contributed by atoms with Gasteiger partial charge in [-0.15, -0.1) is 6.42 Å². The Morgan fingerprint density at radius 2 is 1.88 bits per heavy atom. The lowest BCUT2D eigenvalue weighted by Crippen LogP contribution is -3.13. The summed E-state index contributed by atoms with van der Waals surface area (Å²) in [5.74, 6) is 2.69. The Balaban J connectivity index is 1.44. The second-order valence-corrected chi connectivity index (χ2v) is 6.85. The molecule has 1 fully saturated rings. The highest BCUT2D eigenvalue weighted by Crippen LogP contribution is 2.18. The molecule has 5 heteroatoms. The van der Waals surface area contributed by atoms with Gasteiger partial charge in [0.25, 0.3) is 0 Å². The fourth-order valence-electron chi connectivity index (χ4n) is 3.49. The van der Waals surface area contributed by atoms with Crippen molar-refractivity contribution in [1.82, 2.24) is 9.61 Å².